The molecule has 1 N–H and O–H groups in total. The van der Waals surface area contributed by atoms with Gasteiger partial charge in [-0.2, -0.15) is 5.10 Å². The van der Waals surface area contributed by atoms with Crippen molar-refractivity contribution in [3.63, 3.8) is 0 Å². The maximum Gasteiger partial charge on any atom is 0.0933 e. The molecule has 2 aromatic rings. The van der Waals surface area contributed by atoms with E-state index in [1.54, 1.807) is 0 Å². The van der Waals surface area contributed by atoms with Crippen LogP contribution in [-0.2, 0) is 23.1 Å². The van der Waals surface area contributed by atoms with Gasteiger partial charge in [0.05, 0.1) is 37.1 Å². The SMILES string of the molecule is Cn1nc(CNCC2COCCO2)c2ccccc21. The molecule has 1 atom stereocenters. The molecular formula is C14H19N3O2. The van der Waals surface area contributed by atoms with Crippen LogP contribution in [0.15, 0.2) is 24.3 Å². The third-order valence-corrected chi connectivity index (χ3v) is 3.38. The van der Waals surface area contributed by atoms with Gasteiger partial charge in [0.15, 0.2) is 0 Å². The molecule has 1 saturated heterocycles. The van der Waals surface area contributed by atoms with Crippen molar-refractivity contribution in [2.75, 3.05) is 26.4 Å². The molecule has 19 heavy (non-hydrogen) atoms. The third-order valence-electron chi connectivity index (χ3n) is 3.38. The van der Waals surface area contributed by atoms with Gasteiger partial charge in [0.25, 0.3) is 0 Å². The Bertz CT molecular complexity index is 547. The minimum atomic E-state index is 0.156. The van der Waals surface area contributed by atoms with Crippen LogP contribution in [-0.4, -0.2) is 42.2 Å². The second-order valence-corrected chi connectivity index (χ2v) is 4.79. The lowest BCUT2D eigenvalue weighted by Crippen LogP contribution is -2.37. The molecular weight excluding hydrogens is 242 g/mol. The van der Waals surface area contributed by atoms with Gasteiger partial charge in [-0.25, -0.2) is 0 Å². The Morgan fingerprint density at radius 1 is 1.37 bits per heavy atom. The van der Waals surface area contributed by atoms with Gasteiger partial charge < -0.3 is 14.8 Å². The molecule has 0 amide bonds. The fraction of sp³-hybridized carbons (Fsp3) is 0.500. The Labute approximate surface area is 112 Å². The average molecular weight is 261 g/mol. The lowest BCUT2D eigenvalue weighted by molar-refractivity contribution is -0.0864. The molecule has 0 aliphatic carbocycles. The molecule has 0 radical (unpaired) electrons. The number of hydrogen-bond donors (Lipinski definition) is 1. The quantitative estimate of drug-likeness (QED) is 0.894. The number of nitrogens with zero attached hydrogens (tertiary/aromatic N) is 2. The topological polar surface area (TPSA) is 48.3 Å². The van der Waals surface area contributed by atoms with E-state index in [2.05, 4.69) is 22.5 Å². The van der Waals surface area contributed by atoms with E-state index in [-0.39, 0.29) is 6.10 Å². The van der Waals surface area contributed by atoms with Crippen LogP contribution in [0, 0.1) is 0 Å². The van der Waals surface area contributed by atoms with Crippen molar-refractivity contribution in [2.45, 2.75) is 12.6 Å². The fourth-order valence-electron chi connectivity index (χ4n) is 2.43. The number of para-hydroxylation sites is 1. The summed E-state index contributed by atoms with van der Waals surface area (Å²) in [4.78, 5) is 0. The molecule has 1 aliphatic rings. The Morgan fingerprint density at radius 2 is 2.26 bits per heavy atom. The van der Waals surface area contributed by atoms with Gasteiger partial charge in [-0.1, -0.05) is 18.2 Å². The molecule has 102 valence electrons. The van der Waals surface area contributed by atoms with Gasteiger partial charge in [-0.05, 0) is 6.07 Å². The van der Waals surface area contributed by atoms with Crippen molar-refractivity contribution in [3.05, 3.63) is 30.0 Å². The maximum absolute atomic E-state index is 5.60. The van der Waals surface area contributed by atoms with Crippen molar-refractivity contribution in [3.8, 4) is 0 Å². The lowest BCUT2D eigenvalue weighted by atomic mass is 10.2. The van der Waals surface area contributed by atoms with E-state index in [0.29, 0.717) is 19.8 Å². The number of nitrogens with one attached hydrogen (secondary N) is 1. The van der Waals surface area contributed by atoms with E-state index < -0.39 is 0 Å². The van der Waals surface area contributed by atoms with E-state index in [0.717, 1.165) is 24.3 Å². The minimum absolute atomic E-state index is 0.156. The molecule has 5 heteroatoms. The van der Waals surface area contributed by atoms with Crippen molar-refractivity contribution < 1.29 is 9.47 Å². The van der Waals surface area contributed by atoms with Crippen LogP contribution in [0.1, 0.15) is 5.69 Å². The predicted molar refractivity (Wildman–Crippen MR) is 73.0 cm³/mol. The van der Waals surface area contributed by atoms with Gasteiger partial charge in [0.1, 0.15) is 0 Å². The summed E-state index contributed by atoms with van der Waals surface area (Å²) in [5, 5.41) is 9.16. The number of benzene rings is 1. The van der Waals surface area contributed by atoms with E-state index >= 15 is 0 Å². The van der Waals surface area contributed by atoms with Crippen LogP contribution >= 0.6 is 0 Å². The molecule has 1 aliphatic heterocycles. The first-order valence-electron chi connectivity index (χ1n) is 6.65. The summed E-state index contributed by atoms with van der Waals surface area (Å²) in [6.45, 7) is 3.63. The number of aromatic nitrogens is 2. The highest BCUT2D eigenvalue weighted by Gasteiger charge is 2.14. The summed E-state index contributed by atoms with van der Waals surface area (Å²) < 4.78 is 12.9. The van der Waals surface area contributed by atoms with Crippen molar-refractivity contribution in [2.24, 2.45) is 7.05 Å². The molecule has 0 saturated carbocycles. The van der Waals surface area contributed by atoms with E-state index in [1.807, 2.05) is 23.9 Å². The van der Waals surface area contributed by atoms with Crippen LogP contribution in [0.4, 0.5) is 0 Å². The molecule has 0 spiro atoms. The smallest absolute Gasteiger partial charge is 0.0933 e. The highest BCUT2D eigenvalue weighted by Crippen LogP contribution is 2.17. The Kier molecular flexibility index (Phi) is 3.77. The number of rotatable bonds is 4. The molecule has 1 unspecified atom stereocenters. The zero-order valence-corrected chi connectivity index (χ0v) is 11.1. The van der Waals surface area contributed by atoms with E-state index in [9.17, 15) is 0 Å². The summed E-state index contributed by atoms with van der Waals surface area (Å²) in [5.74, 6) is 0. The second-order valence-electron chi connectivity index (χ2n) is 4.79. The molecule has 1 aromatic carbocycles. The van der Waals surface area contributed by atoms with Crippen LogP contribution in [0.5, 0.6) is 0 Å². The van der Waals surface area contributed by atoms with Gasteiger partial charge >= 0.3 is 0 Å². The number of hydrogen-bond acceptors (Lipinski definition) is 4. The molecule has 0 bridgehead atoms. The van der Waals surface area contributed by atoms with Crippen LogP contribution < -0.4 is 5.32 Å². The highest BCUT2D eigenvalue weighted by molar-refractivity contribution is 5.81. The lowest BCUT2D eigenvalue weighted by Gasteiger charge is -2.22. The van der Waals surface area contributed by atoms with E-state index in [4.69, 9.17) is 9.47 Å². The van der Waals surface area contributed by atoms with Gasteiger partial charge in [-0.3, -0.25) is 4.68 Å². The first-order valence-corrected chi connectivity index (χ1v) is 6.65. The average Bonchev–Trinajstić information content (AvgIpc) is 2.78. The Balaban J connectivity index is 1.62. The summed E-state index contributed by atoms with van der Waals surface area (Å²) in [6, 6.07) is 8.28. The molecule has 1 fully saturated rings. The molecule has 1 aromatic heterocycles. The fourth-order valence-corrected chi connectivity index (χ4v) is 2.43. The standard InChI is InChI=1S/C14H19N3O2/c1-17-14-5-3-2-4-12(14)13(16-17)9-15-8-11-10-18-6-7-19-11/h2-5,11,15H,6-10H2,1H3. The summed E-state index contributed by atoms with van der Waals surface area (Å²) in [5.41, 5.74) is 2.24. The first kappa shape index (κ1) is 12.6. The summed E-state index contributed by atoms with van der Waals surface area (Å²) >= 11 is 0. The zero-order chi connectivity index (χ0) is 13.1. The largest absolute Gasteiger partial charge is 0.376 e. The minimum Gasteiger partial charge on any atom is -0.376 e. The van der Waals surface area contributed by atoms with Crippen molar-refractivity contribution >= 4 is 10.9 Å². The van der Waals surface area contributed by atoms with E-state index in [1.165, 1.54) is 5.39 Å². The van der Waals surface area contributed by atoms with Gasteiger partial charge in [0, 0.05) is 25.5 Å². The Hall–Kier alpha value is -1.43. The van der Waals surface area contributed by atoms with Crippen LogP contribution in [0.25, 0.3) is 10.9 Å². The Morgan fingerprint density at radius 3 is 3.11 bits per heavy atom. The predicted octanol–water partition coefficient (Wildman–Crippen LogP) is 1.08. The van der Waals surface area contributed by atoms with Crippen molar-refractivity contribution in [1.29, 1.82) is 0 Å². The van der Waals surface area contributed by atoms with Crippen LogP contribution in [0.3, 0.4) is 0 Å². The monoisotopic (exact) mass is 261 g/mol. The molecule has 3 rings (SSSR count). The number of aryl methyl sites for hydroxylation is 1. The zero-order valence-electron chi connectivity index (χ0n) is 11.1. The van der Waals surface area contributed by atoms with Crippen molar-refractivity contribution in [1.82, 2.24) is 15.1 Å². The molecule has 5 nitrogen and oxygen atoms in total. The summed E-state index contributed by atoms with van der Waals surface area (Å²) in [6.07, 6.45) is 0.156. The third kappa shape index (κ3) is 2.78. The number of fused-ring (bicyclic) bond motifs is 1. The normalized spacial score (nSPS) is 19.9. The van der Waals surface area contributed by atoms with Gasteiger partial charge in [-0.15, -0.1) is 0 Å². The summed E-state index contributed by atoms with van der Waals surface area (Å²) in [7, 11) is 1.98. The highest BCUT2D eigenvalue weighted by atomic mass is 16.6. The van der Waals surface area contributed by atoms with Gasteiger partial charge in [0.2, 0.25) is 0 Å². The first-order chi connectivity index (χ1) is 9.34. The molecule has 2 heterocycles. The second kappa shape index (κ2) is 5.69. The number of ether oxygens (including phenoxy) is 2. The maximum atomic E-state index is 5.60. The van der Waals surface area contributed by atoms with Crippen LogP contribution in [0.2, 0.25) is 0 Å².